The highest BCUT2D eigenvalue weighted by Crippen LogP contribution is 2.34. The molecule has 5 unspecified atom stereocenters. The Labute approximate surface area is 767 Å². The van der Waals surface area contributed by atoms with Gasteiger partial charge in [-0.3, -0.25) is 4.79 Å². The fraction of sp³-hybridized carbons (Fsp3) is 0.973. The summed E-state index contributed by atoms with van der Waals surface area (Å²) in [6.45, 7) is 21.7. The second kappa shape index (κ2) is 95.4. The molecule has 12 atom stereocenters. The number of amides is 1. The van der Waals surface area contributed by atoms with Crippen LogP contribution in [-0.2, 0) is 23.7 Å². The van der Waals surface area contributed by atoms with E-state index in [1.165, 1.54) is 482 Å². The molecule has 1 amide bonds. The maximum atomic E-state index is 12.4. The molecule has 7 N–H and O–H groups in total. The van der Waals surface area contributed by atoms with Crippen molar-refractivity contribution in [3.05, 3.63) is 12.2 Å². The summed E-state index contributed by atoms with van der Waals surface area (Å²) in [5, 5.41) is 65.9. The normalized spacial score (nSPS) is 19.8. The predicted molar refractivity (Wildman–Crippen MR) is 532 cm³/mol. The van der Waals surface area contributed by atoms with Crippen LogP contribution in [0.3, 0.4) is 0 Å². The molecule has 0 aromatic heterocycles. The summed E-state index contributed by atoms with van der Waals surface area (Å²) in [6.07, 6.45) is 105. The Balaban J connectivity index is 0.00000188. The van der Waals surface area contributed by atoms with Gasteiger partial charge in [0, 0.05) is 12.3 Å². The average Bonchev–Trinajstić information content (AvgIpc) is 0.789. The summed E-state index contributed by atoms with van der Waals surface area (Å²) in [5.74, 6) is 1.00. The fourth-order valence-electron chi connectivity index (χ4n) is 18.7. The van der Waals surface area contributed by atoms with Gasteiger partial charge in [-0.1, -0.05) is 556 Å². The molecule has 2 aliphatic rings. The number of ether oxygens (including phenoxy) is 4. The molecule has 2 aliphatic heterocycles. The van der Waals surface area contributed by atoms with Crippen molar-refractivity contribution in [1.29, 1.82) is 0 Å². The van der Waals surface area contributed by atoms with Crippen molar-refractivity contribution >= 4 is 5.91 Å². The van der Waals surface area contributed by atoms with Crippen LogP contribution in [0.1, 0.15) is 596 Å². The molecule has 0 aromatic carbocycles. The van der Waals surface area contributed by atoms with E-state index in [1.807, 2.05) is 13.0 Å². The van der Waals surface area contributed by atoms with Gasteiger partial charge < -0.3 is 54.9 Å². The molecule has 12 heteroatoms. The number of carbonyl (C=O) groups is 1. The first-order valence-corrected chi connectivity index (χ1v) is 55.8. The number of hydrogen-bond donors (Lipinski definition) is 7. The van der Waals surface area contributed by atoms with Crippen LogP contribution >= 0.6 is 0 Å². The summed E-state index contributed by atoms with van der Waals surface area (Å²) >= 11 is 0. The lowest BCUT2D eigenvalue weighted by Crippen LogP contribution is -2.62. The molecule has 2 saturated heterocycles. The van der Waals surface area contributed by atoms with E-state index in [0.29, 0.717) is 18.9 Å². The predicted octanol–water partition coefficient (Wildman–Crippen LogP) is 32.7. The van der Waals surface area contributed by atoms with Gasteiger partial charge in [-0.2, -0.15) is 0 Å². The summed E-state index contributed by atoms with van der Waals surface area (Å²) in [5.41, 5.74) is 0. The highest BCUT2D eigenvalue weighted by atomic mass is 16.7. The van der Waals surface area contributed by atoms with Gasteiger partial charge in [-0.15, -0.1) is 0 Å². The van der Waals surface area contributed by atoms with E-state index < -0.39 is 67.3 Å². The van der Waals surface area contributed by atoms with Crippen LogP contribution in [0.5, 0.6) is 0 Å². The zero-order valence-corrected chi connectivity index (χ0v) is 84.4. The maximum absolute atomic E-state index is 12.4. The topological polar surface area (TPSA) is 187 Å². The number of allylic oxidation sites excluding steroid dienone is 1. The summed E-state index contributed by atoms with van der Waals surface area (Å²) in [7, 11) is 0. The van der Waals surface area contributed by atoms with Crippen molar-refractivity contribution in [2.75, 3.05) is 13.2 Å². The van der Waals surface area contributed by atoms with Gasteiger partial charge in [-0.25, -0.2) is 0 Å². The van der Waals surface area contributed by atoms with Gasteiger partial charge in [0.1, 0.15) is 30.5 Å². The average molecular weight is 1750 g/mol. The lowest BCUT2D eigenvalue weighted by molar-refractivity contribution is -0.349. The molecule has 2 heterocycles. The Morgan fingerprint density at radius 3 is 0.911 bits per heavy atom. The van der Waals surface area contributed by atoms with Crippen molar-refractivity contribution in [1.82, 2.24) is 5.32 Å². The molecule has 2 rings (SSSR count). The fourth-order valence-corrected chi connectivity index (χ4v) is 18.7. The van der Waals surface area contributed by atoms with Gasteiger partial charge in [0.15, 0.2) is 12.6 Å². The molecule has 2 fully saturated rings. The van der Waals surface area contributed by atoms with Crippen LogP contribution in [-0.4, -0.2) is 117 Å². The Morgan fingerprint density at radius 2 is 0.618 bits per heavy atom. The van der Waals surface area contributed by atoms with Crippen LogP contribution in [0.4, 0.5) is 0 Å². The van der Waals surface area contributed by atoms with E-state index in [9.17, 15) is 35.4 Å². The first kappa shape index (κ1) is 122. The van der Waals surface area contributed by atoms with E-state index in [0.717, 1.165) is 44.4 Å². The number of carbonyl (C=O) groups excluding carboxylic acids is 1. The van der Waals surface area contributed by atoms with Crippen LogP contribution in [0.2, 0.25) is 0 Å². The Bertz CT molecular complexity index is 2030. The molecular weight excluding hydrogens is 1520 g/mol. The second-order valence-electron chi connectivity index (χ2n) is 39.6. The lowest BCUT2D eigenvalue weighted by Gasteiger charge is -2.46. The van der Waals surface area contributed by atoms with E-state index in [1.54, 1.807) is 13.8 Å². The molecule has 0 saturated carbocycles. The summed E-state index contributed by atoms with van der Waals surface area (Å²) in [6, 6.07) is -0.169. The molecule has 0 aliphatic carbocycles. The number of hydrogen-bond acceptors (Lipinski definition) is 11. The highest BCUT2D eigenvalue weighted by Gasteiger charge is 2.49. The van der Waals surface area contributed by atoms with Gasteiger partial charge in [0.05, 0.1) is 37.6 Å². The van der Waals surface area contributed by atoms with Crippen molar-refractivity contribution < 1.29 is 54.4 Å². The zero-order chi connectivity index (χ0) is 90.0. The SMILES string of the molecule is CCCCCCCCCCCCC/C=C/[C@H](O)[C@@H](CC)NC(=O)CCCCCCCCCCCCCCCCC.CCCCCCCCCCCCCCC(CC)CCCCCCCCCCCCCC.CCCCCCCCCCCCCCC(CCCCCCCCCCCCCC)CO[C@@H]1OC(CO)[C@@H](O[C@H]2OC(C)[C@@H](O)C(O)C2O)[C@H](C)C1O. The minimum Gasteiger partial charge on any atom is -0.394 e. The van der Waals surface area contributed by atoms with E-state index >= 15 is 0 Å². The van der Waals surface area contributed by atoms with Crippen molar-refractivity contribution in [3.8, 4) is 0 Å². The minimum absolute atomic E-state index is 0.0966. The lowest BCUT2D eigenvalue weighted by atomic mass is 9.90. The van der Waals surface area contributed by atoms with E-state index in [4.69, 9.17) is 18.9 Å². The highest BCUT2D eigenvalue weighted by molar-refractivity contribution is 5.76. The van der Waals surface area contributed by atoms with E-state index in [-0.39, 0.29) is 18.6 Å². The van der Waals surface area contributed by atoms with Gasteiger partial charge in [0.25, 0.3) is 0 Å². The number of nitrogens with one attached hydrogen (secondary N) is 1. The van der Waals surface area contributed by atoms with Crippen LogP contribution in [0.15, 0.2) is 12.2 Å². The Kier molecular flexibility index (Phi) is 94.5. The van der Waals surface area contributed by atoms with Crippen molar-refractivity contribution in [2.45, 2.75) is 663 Å². The third-order valence-electron chi connectivity index (χ3n) is 27.7. The number of aliphatic hydroxyl groups is 6. The molecule has 0 spiro atoms. The summed E-state index contributed by atoms with van der Waals surface area (Å²) in [4.78, 5) is 12.4. The van der Waals surface area contributed by atoms with Gasteiger partial charge >= 0.3 is 0 Å². The minimum atomic E-state index is -1.48. The number of unbranched alkanes of at least 4 members (excludes halogenated alkanes) is 69. The molecule has 0 bridgehead atoms. The standard InChI is InChI=1S/C43H84O9.C37H73NO2.C31H64/c1-5-7-9-11-13-15-17-19-21-23-25-27-29-35(30-28-26-24-22-20-18-16-14-12-10-8-6-2)32-49-42-37(45)33(3)41(36(31-44)51-42)52-43-40(48)39(47)38(46)34(4)50-43;1-4-7-9-11-13-15-17-19-20-22-24-26-28-30-32-34-37(40)38-35(6-3)36(39)33-31-29-27-25-23-21-18-16-14-12-10-8-5-2;1-4-7-9-11-13-15-17-19-21-23-25-27-29-31(6-3)30-28-26-24-22-20-18-16-14-12-10-8-5-2/h33-48H,5-32H2,1-4H3;31,33,35-36,39H,4-30,32,34H2,1-3H3,(H,38,40);31H,4-30H2,1-3H3/b;33-31+;/t33-,34?,36?,37?,38-,39?,40?,41+,42-,43-;35-,36+;/m11./s1. The van der Waals surface area contributed by atoms with Crippen LogP contribution in [0.25, 0.3) is 0 Å². The largest absolute Gasteiger partial charge is 0.394 e. The Morgan fingerprint density at radius 1 is 0.333 bits per heavy atom. The molecule has 736 valence electrons. The van der Waals surface area contributed by atoms with Crippen molar-refractivity contribution in [2.24, 2.45) is 17.8 Å². The summed E-state index contributed by atoms with van der Waals surface area (Å²) < 4.78 is 24.0. The number of rotatable bonds is 91. The first-order chi connectivity index (χ1) is 60.2. The second-order valence-corrected chi connectivity index (χ2v) is 39.6. The smallest absolute Gasteiger partial charge is 0.220 e. The molecule has 0 radical (unpaired) electrons. The van der Waals surface area contributed by atoms with Gasteiger partial charge in [-0.05, 0) is 57.3 Å². The molecule has 0 aromatic rings. The first-order valence-electron chi connectivity index (χ1n) is 55.8. The molecule has 12 nitrogen and oxygen atoms in total. The van der Waals surface area contributed by atoms with E-state index in [2.05, 4.69) is 59.9 Å². The van der Waals surface area contributed by atoms with Crippen LogP contribution in [0, 0.1) is 17.8 Å². The zero-order valence-electron chi connectivity index (χ0n) is 84.4. The third kappa shape index (κ3) is 76.0. The monoisotopic (exact) mass is 1740 g/mol. The molecular formula is C111H221NO11. The van der Waals surface area contributed by atoms with Crippen molar-refractivity contribution in [3.63, 3.8) is 0 Å². The van der Waals surface area contributed by atoms with Gasteiger partial charge in [0.2, 0.25) is 5.91 Å². The Hall–Kier alpha value is -1.19. The maximum Gasteiger partial charge on any atom is 0.220 e. The quantitative estimate of drug-likeness (QED) is 0.0227. The molecule has 123 heavy (non-hydrogen) atoms. The van der Waals surface area contributed by atoms with Crippen LogP contribution < -0.4 is 5.32 Å². The third-order valence-corrected chi connectivity index (χ3v) is 27.7. The number of aliphatic hydroxyl groups excluding tert-OH is 6.